The molecular formula is C29H43F3N6O. The molecule has 3 fully saturated rings. The molecule has 216 valence electrons. The van der Waals surface area contributed by atoms with E-state index in [1.165, 1.54) is 16.7 Å². The number of pyridine rings is 1. The van der Waals surface area contributed by atoms with E-state index in [1.54, 1.807) is 10.8 Å². The molecule has 0 radical (unpaired) electrons. The minimum atomic E-state index is -4.54. The molecule has 0 bridgehead atoms. The van der Waals surface area contributed by atoms with Gasteiger partial charge in [0, 0.05) is 31.5 Å². The number of aromatic nitrogens is 2. The summed E-state index contributed by atoms with van der Waals surface area (Å²) in [6, 6.07) is 1.12. The molecule has 2 saturated heterocycles. The van der Waals surface area contributed by atoms with Crippen molar-refractivity contribution in [1.29, 1.82) is 0 Å². The van der Waals surface area contributed by atoms with Gasteiger partial charge in [0.15, 0.2) is 0 Å². The van der Waals surface area contributed by atoms with E-state index < -0.39 is 11.7 Å². The van der Waals surface area contributed by atoms with E-state index in [0.29, 0.717) is 29.9 Å². The largest absolute Gasteiger partial charge is 0.418 e. The number of alkyl halides is 3. The van der Waals surface area contributed by atoms with Gasteiger partial charge in [-0.3, -0.25) is 18.8 Å². The van der Waals surface area contributed by atoms with Crippen LogP contribution in [-0.2, 0) is 12.7 Å². The second kappa shape index (κ2) is 11.4. The zero-order chi connectivity index (χ0) is 27.9. The lowest BCUT2D eigenvalue weighted by atomic mass is 9.74. The van der Waals surface area contributed by atoms with Crippen molar-refractivity contribution in [3.05, 3.63) is 52.2 Å². The molecule has 2 aromatic heterocycles. The molecule has 7 nitrogen and oxygen atoms in total. The zero-order valence-electron chi connectivity index (χ0n) is 23.4. The molecule has 1 saturated carbocycles. The number of hydrazine groups is 1. The monoisotopic (exact) mass is 548 g/mol. The first-order valence-corrected chi connectivity index (χ1v) is 14.4. The maximum Gasteiger partial charge on any atom is 0.418 e. The SMILES string of the molecule is C=C(C)C[C@H](C1CCCC(n2cc3c(C(F)(F)F)cc(CN4CCC[C@H](C)C4)cn3c2=O)C1)C1NNCN1C. The van der Waals surface area contributed by atoms with Crippen molar-refractivity contribution in [2.45, 2.75) is 83.7 Å². The highest BCUT2D eigenvalue weighted by Gasteiger charge is 2.39. The van der Waals surface area contributed by atoms with E-state index in [-0.39, 0.29) is 23.4 Å². The summed E-state index contributed by atoms with van der Waals surface area (Å²) in [6.07, 6.45) is 5.29. The molecule has 1 aliphatic carbocycles. The quantitative estimate of drug-likeness (QED) is 0.478. The molecule has 0 spiro atoms. The molecule has 3 unspecified atom stereocenters. The van der Waals surface area contributed by atoms with E-state index in [0.717, 1.165) is 70.3 Å². The lowest BCUT2D eigenvalue weighted by Gasteiger charge is -2.39. The first-order chi connectivity index (χ1) is 18.5. The van der Waals surface area contributed by atoms with Gasteiger partial charge in [0.05, 0.1) is 23.9 Å². The molecule has 39 heavy (non-hydrogen) atoms. The van der Waals surface area contributed by atoms with Crippen LogP contribution >= 0.6 is 0 Å². The lowest BCUT2D eigenvalue weighted by Crippen LogP contribution is -2.46. The predicted molar refractivity (Wildman–Crippen MR) is 147 cm³/mol. The number of allylic oxidation sites excluding steroid dienone is 1. The average Bonchev–Trinajstić information content (AvgIpc) is 3.44. The molecule has 3 aliphatic rings. The predicted octanol–water partition coefficient (Wildman–Crippen LogP) is 4.99. The van der Waals surface area contributed by atoms with Crippen molar-refractivity contribution in [3.63, 3.8) is 0 Å². The highest BCUT2D eigenvalue weighted by atomic mass is 19.4. The second-order valence-electron chi connectivity index (χ2n) is 12.4. The summed E-state index contributed by atoms with van der Waals surface area (Å²) in [5.74, 6) is 1.15. The fraction of sp³-hybridized carbons (Fsp3) is 0.690. The molecular weight excluding hydrogens is 505 g/mol. The Labute approximate surface area is 229 Å². The molecule has 0 aromatic carbocycles. The van der Waals surface area contributed by atoms with E-state index in [2.05, 4.69) is 41.2 Å². The lowest BCUT2D eigenvalue weighted by molar-refractivity contribution is -0.136. The van der Waals surface area contributed by atoms with Gasteiger partial charge in [-0.25, -0.2) is 15.6 Å². The van der Waals surface area contributed by atoms with Crippen molar-refractivity contribution in [2.24, 2.45) is 17.8 Å². The summed E-state index contributed by atoms with van der Waals surface area (Å²) in [4.78, 5) is 18.1. The number of nitrogens with zero attached hydrogens (tertiary/aromatic N) is 4. The van der Waals surface area contributed by atoms with Gasteiger partial charge in [-0.15, -0.1) is 6.58 Å². The summed E-state index contributed by atoms with van der Waals surface area (Å²) < 4.78 is 45.6. The topological polar surface area (TPSA) is 57.0 Å². The van der Waals surface area contributed by atoms with Gasteiger partial charge in [-0.2, -0.15) is 13.2 Å². The van der Waals surface area contributed by atoms with Crippen LogP contribution in [0.25, 0.3) is 5.52 Å². The summed E-state index contributed by atoms with van der Waals surface area (Å²) in [6.45, 7) is 11.3. The highest BCUT2D eigenvalue weighted by molar-refractivity contribution is 5.56. The Morgan fingerprint density at radius 2 is 2.00 bits per heavy atom. The van der Waals surface area contributed by atoms with Crippen LogP contribution in [-0.4, -0.2) is 51.7 Å². The van der Waals surface area contributed by atoms with Gasteiger partial charge in [-0.1, -0.05) is 18.9 Å². The maximum absolute atomic E-state index is 14.3. The van der Waals surface area contributed by atoms with E-state index >= 15 is 0 Å². The van der Waals surface area contributed by atoms with Crippen LogP contribution in [0.3, 0.4) is 0 Å². The van der Waals surface area contributed by atoms with Crippen molar-refractivity contribution >= 4 is 5.52 Å². The summed E-state index contributed by atoms with van der Waals surface area (Å²) >= 11 is 0. The van der Waals surface area contributed by atoms with Gasteiger partial charge in [-0.05, 0) is 88.4 Å². The Balaban J connectivity index is 1.46. The van der Waals surface area contributed by atoms with Crippen LogP contribution in [0.4, 0.5) is 13.2 Å². The number of fused-ring (bicyclic) bond motifs is 1. The van der Waals surface area contributed by atoms with Crippen LogP contribution in [0.15, 0.2) is 35.4 Å². The van der Waals surface area contributed by atoms with Gasteiger partial charge in [0.25, 0.3) is 0 Å². The molecule has 5 atom stereocenters. The minimum Gasteiger partial charge on any atom is -0.299 e. The minimum absolute atomic E-state index is 0.0507. The molecule has 2 aromatic rings. The molecule has 5 rings (SSSR count). The van der Waals surface area contributed by atoms with Gasteiger partial charge >= 0.3 is 11.9 Å². The number of hydrogen-bond acceptors (Lipinski definition) is 5. The average molecular weight is 549 g/mol. The van der Waals surface area contributed by atoms with Crippen molar-refractivity contribution < 1.29 is 13.2 Å². The number of nitrogens with one attached hydrogen (secondary N) is 2. The Kier molecular flexibility index (Phi) is 8.29. The third-order valence-electron chi connectivity index (χ3n) is 9.03. The number of hydrogen-bond donors (Lipinski definition) is 2. The van der Waals surface area contributed by atoms with Crippen LogP contribution in [0.5, 0.6) is 0 Å². The van der Waals surface area contributed by atoms with Crippen molar-refractivity contribution in [2.75, 3.05) is 26.8 Å². The van der Waals surface area contributed by atoms with Crippen LogP contribution in [0, 0.1) is 17.8 Å². The Morgan fingerprint density at radius 1 is 1.21 bits per heavy atom. The fourth-order valence-electron chi connectivity index (χ4n) is 7.22. The van der Waals surface area contributed by atoms with Crippen molar-refractivity contribution in [1.82, 2.24) is 29.6 Å². The van der Waals surface area contributed by atoms with Crippen molar-refractivity contribution in [3.8, 4) is 0 Å². The fourth-order valence-corrected chi connectivity index (χ4v) is 7.22. The van der Waals surface area contributed by atoms with E-state index in [1.807, 2.05) is 6.92 Å². The maximum atomic E-state index is 14.3. The molecule has 4 heterocycles. The normalized spacial score (nSPS) is 28.3. The number of imidazole rings is 1. The third kappa shape index (κ3) is 6.14. The molecule has 2 aliphatic heterocycles. The zero-order valence-corrected chi connectivity index (χ0v) is 23.4. The van der Waals surface area contributed by atoms with Crippen LogP contribution in [0.1, 0.15) is 76.0 Å². The second-order valence-corrected chi connectivity index (χ2v) is 12.4. The summed E-state index contributed by atoms with van der Waals surface area (Å²) in [5.41, 5.74) is 7.12. The first kappa shape index (κ1) is 28.4. The third-order valence-corrected chi connectivity index (χ3v) is 9.03. The number of likely N-dealkylation sites (tertiary alicyclic amines) is 1. The molecule has 2 N–H and O–H groups in total. The van der Waals surface area contributed by atoms with Crippen LogP contribution in [0.2, 0.25) is 0 Å². The highest BCUT2D eigenvalue weighted by Crippen LogP contribution is 2.41. The molecule has 0 amide bonds. The van der Waals surface area contributed by atoms with Gasteiger partial charge < -0.3 is 0 Å². The number of halogens is 3. The molecule has 10 heteroatoms. The Bertz CT molecular complexity index is 1240. The summed E-state index contributed by atoms with van der Waals surface area (Å²) in [7, 11) is 2.08. The Morgan fingerprint density at radius 3 is 2.67 bits per heavy atom. The first-order valence-electron chi connectivity index (χ1n) is 14.4. The van der Waals surface area contributed by atoms with E-state index in [4.69, 9.17) is 0 Å². The van der Waals surface area contributed by atoms with Gasteiger partial charge in [0.2, 0.25) is 0 Å². The number of piperidine rings is 1. The number of rotatable bonds is 7. The van der Waals surface area contributed by atoms with E-state index in [9.17, 15) is 18.0 Å². The van der Waals surface area contributed by atoms with Crippen LogP contribution < -0.4 is 16.5 Å². The standard InChI is InChI=1S/C29H43F3N6O/c1-19(2)11-24(27-34-33-18-35(27)4)22-8-5-9-23(13-22)37-17-26-25(29(30,31)32)12-21(16-38(26)28(37)39)15-36-10-6-7-20(3)14-36/h12,16-17,20,22-24,27,33-34H,1,5-11,13-15,18H2,2-4H3/t20-,22?,23?,24+,27?/m0/s1. The summed E-state index contributed by atoms with van der Waals surface area (Å²) in [5, 5.41) is 0. The Hall–Kier alpha value is -2.14. The van der Waals surface area contributed by atoms with Gasteiger partial charge in [0.1, 0.15) is 0 Å². The smallest absolute Gasteiger partial charge is 0.299 e.